The van der Waals surface area contributed by atoms with Crippen molar-refractivity contribution >= 4 is 11.8 Å². The Morgan fingerprint density at radius 2 is 1.92 bits per heavy atom. The molecular formula is C18H27N7O. The molecule has 8 nitrogen and oxygen atoms in total. The Morgan fingerprint density at radius 3 is 2.62 bits per heavy atom. The minimum Gasteiger partial charge on any atom is -0.352 e. The molecule has 1 N–H and O–H groups in total. The molecule has 0 radical (unpaired) electrons. The lowest BCUT2D eigenvalue weighted by Crippen LogP contribution is -2.52. The lowest BCUT2D eigenvalue weighted by molar-refractivity contribution is 0.193. The van der Waals surface area contributed by atoms with Crippen LogP contribution in [0.5, 0.6) is 0 Å². The molecule has 140 valence electrons. The molecule has 0 bridgehead atoms. The van der Waals surface area contributed by atoms with E-state index < -0.39 is 0 Å². The maximum Gasteiger partial charge on any atom is 0.317 e. The number of urea groups is 1. The Morgan fingerprint density at radius 1 is 1.19 bits per heavy atom. The molecule has 3 heterocycles. The van der Waals surface area contributed by atoms with Crippen LogP contribution in [-0.4, -0.2) is 56.6 Å². The normalized spacial score (nSPS) is 14.8. The van der Waals surface area contributed by atoms with E-state index in [-0.39, 0.29) is 6.03 Å². The molecule has 2 aromatic rings. The fourth-order valence-corrected chi connectivity index (χ4v) is 3.16. The molecule has 0 atom stereocenters. The van der Waals surface area contributed by atoms with Gasteiger partial charge in [-0.15, -0.1) is 0 Å². The van der Waals surface area contributed by atoms with Crippen molar-refractivity contribution in [2.24, 2.45) is 0 Å². The molecule has 1 saturated heterocycles. The maximum atomic E-state index is 12.5. The van der Waals surface area contributed by atoms with Gasteiger partial charge in [0.1, 0.15) is 11.6 Å². The zero-order valence-electron chi connectivity index (χ0n) is 15.9. The van der Waals surface area contributed by atoms with Crippen LogP contribution in [0.2, 0.25) is 0 Å². The van der Waals surface area contributed by atoms with Gasteiger partial charge in [0.2, 0.25) is 0 Å². The number of carbonyl (C=O) groups excluding carboxylic acids is 1. The van der Waals surface area contributed by atoms with Crippen LogP contribution in [0.15, 0.2) is 18.6 Å². The minimum absolute atomic E-state index is 0.0463. The Kier molecular flexibility index (Phi) is 5.39. The van der Waals surface area contributed by atoms with Crippen LogP contribution in [-0.2, 0) is 6.54 Å². The summed E-state index contributed by atoms with van der Waals surface area (Å²) in [5, 5.41) is 2.98. The number of nitrogens with one attached hydrogen (secondary N) is 1. The second kappa shape index (κ2) is 7.72. The first-order valence-corrected chi connectivity index (χ1v) is 9.05. The van der Waals surface area contributed by atoms with Gasteiger partial charge in [0.05, 0.1) is 17.9 Å². The first-order chi connectivity index (χ1) is 12.5. The molecule has 0 aliphatic carbocycles. The van der Waals surface area contributed by atoms with Gasteiger partial charge in [0.15, 0.2) is 0 Å². The van der Waals surface area contributed by atoms with Crippen LogP contribution in [0.1, 0.15) is 37.1 Å². The molecule has 2 amide bonds. The SMILES string of the molecule is Cc1cnc(C)c(N2CCN(C(=O)NCc3nccn3C(C)C)CC2)n1. The third-order valence-corrected chi connectivity index (χ3v) is 4.62. The maximum absolute atomic E-state index is 12.5. The number of carbonyl (C=O) groups is 1. The van der Waals surface area contributed by atoms with E-state index in [0.29, 0.717) is 25.7 Å². The Hall–Kier alpha value is -2.64. The Balaban J connectivity index is 1.53. The predicted molar refractivity (Wildman–Crippen MR) is 100 cm³/mol. The van der Waals surface area contributed by atoms with Crippen LogP contribution >= 0.6 is 0 Å². The number of nitrogens with zero attached hydrogens (tertiary/aromatic N) is 6. The summed E-state index contributed by atoms with van der Waals surface area (Å²) in [6.45, 7) is 11.4. The van der Waals surface area contributed by atoms with Crippen molar-refractivity contribution in [3.63, 3.8) is 0 Å². The van der Waals surface area contributed by atoms with E-state index >= 15 is 0 Å². The molecule has 0 saturated carbocycles. The largest absolute Gasteiger partial charge is 0.352 e. The topological polar surface area (TPSA) is 79.2 Å². The van der Waals surface area contributed by atoms with Crippen LogP contribution in [0.3, 0.4) is 0 Å². The smallest absolute Gasteiger partial charge is 0.317 e. The summed E-state index contributed by atoms with van der Waals surface area (Å²) in [6.07, 6.45) is 5.49. The predicted octanol–water partition coefficient (Wildman–Crippen LogP) is 1.90. The Bertz CT molecular complexity index is 763. The van der Waals surface area contributed by atoms with Crippen molar-refractivity contribution in [1.29, 1.82) is 0 Å². The summed E-state index contributed by atoms with van der Waals surface area (Å²) in [7, 11) is 0. The van der Waals surface area contributed by atoms with Gasteiger partial charge in [-0.1, -0.05) is 0 Å². The average Bonchev–Trinajstić information content (AvgIpc) is 3.11. The number of anilines is 1. The van der Waals surface area contributed by atoms with Gasteiger partial charge < -0.3 is 19.7 Å². The fourth-order valence-electron chi connectivity index (χ4n) is 3.16. The van der Waals surface area contributed by atoms with Crippen molar-refractivity contribution in [2.75, 3.05) is 31.1 Å². The van der Waals surface area contributed by atoms with E-state index in [0.717, 1.165) is 36.1 Å². The van der Waals surface area contributed by atoms with Gasteiger partial charge in [-0.05, 0) is 27.7 Å². The van der Waals surface area contributed by atoms with E-state index in [1.165, 1.54) is 0 Å². The molecule has 0 aromatic carbocycles. The standard InChI is InChI=1S/C18H27N7O/c1-13(2)25-6-5-19-16(25)12-21-18(26)24-9-7-23(8-10-24)17-15(4)20-11-14(3)22-17/h5-6,11,13H,7-10,12H2,1-4H3,(H,21,26). The van der Waals surface area contributed by atoms with E-state index in [2.05, 4.69) is 43.6 Å². The zero-order chi connectivity index (χ0) is 18.7. The third-order valence-electron chi connectivity index (χ3n) is 4.62. The van der Waals surface area contributed by atoms with Gasteiger partial charge in [0.25, 0.3) is 0 Å². The molecule has 1 aliphatic heterocycles. The van der Waals surface area contributed by atoms with Gasteiger partial charge in [-0.3, -0.25) is 4.98 Å². The van der Waals surface area contributed by atoms with Crippen LogP contribution < -0.4 is 10.2 Å². The molecule has 0 spiro atoms. The number of piperazine rings is 1. The lowest BCUT2D eigenvalue weighted by atomic mass is 10.3. The number of hydrogen-bond donors (Lipinski definition) is 1. The highest BCUT2D eigenvalue weighted by atomic mass is 16.2. The minimum atomic E-state index is -0.0463. The highest BCUT2D eigenvalue weighted by Crippen LogP contribution is 2.17. The number of aromatic nitrogens is 4. The molecule has 0 unspecified atom stereocenters. The van der Waals surface area contributed by atoms with Crippen LogP contribution in [0.25, 0.3) is 0 Å². The Labute approximate surface area is 154 Å². The quantitative estimate of drug-likeness (QED) is 0.904. The van der Waals surface area contributed by atoms with Gasteiger partial charge in [-0.2, -0.15) is 0 Å². The van der Waals surface area contributed by atoms with E-state index in [9.17, 15) is 4.79 Å². The number of hydrogen-bond acceptors (Lipinski definition) is 5. The van der Waals surface area contributed by atoms with Crippen LogP contribution in [0, 0.1) is 13.8 Å². The van der Waals surface area contributed by atoms with Crippen molar-refractivity contribution in [3.8, 4) is 0 Å². The number of amides is 2. The molecule has 1 aliphatic rings. The average molecular weight is 357 g/mol. The zero-order valence-corrected chi connectivity index (χ0v) is 15.9. The first kappa shape index (κ1) is 18.2. The number of aryl methyl sites for hydroxylation is 2. The van der Waals surface area contributed by atoms with Crippen molar-refractivity contribution in [2.45, 2.75) is 40.3 Å². The first-order valence-electron chi connectivity index (χ1n) is 9.05. The molecule has 8 heteroatoms. The van der Waals surface area contributed by atoms with Crippen molar-refractivity contribution in [3.05, 3.63) is 35.8 Å². The van der Waals surface area contributed by atoms with Gasteiger partial charge >= 0.3 is 6.03 Å². The molecule has 2 aromatic heterocycles. The van der Waals surface area contributed by atoms with E-state index in [4.69, 9.17) is 0 Å². The summed E-state index contributed by atoms with van der Waals surface area (Å²) in [5.41, 5.74) is 1.83. The summed E-state index contributed by atoms with van der Waals surface area (Å²) in [4.78, 5) is 29.8. The van der Waals surface area contributed by atoms with Crippen LogP contribution in [0.4, 0.5) is 10.6 Å². The summed E-state index contributed by atoms with van der Waals surface area (Å²) >= 11 is 0. The molecule has 26 heavy (non-hydrogen) atoms. The second-order valence-corrected chi connectivity index (χ2v) is 6.90. The summed E-state index contributed by atoms with van der Waals surface area (Å²) in [5.74, 6) is 1.79. The second-order valence-electron chi connectivity index (χ2n) is 6.90. The van der Waals surface area contributed by atoms with Gasteiger partial charge in [0, 0.05) is 50.8 Å². The summed E-state index contributed by atoms with van der Waals surface area (Å²) < 4.78 is 2.07. The van der Waals surface area contributed by atoms with Crippen molar-refractivity contribution < 1.29 is 4.79 Å². The fraction of sp³-hybridized carbons (Fsp3) is 0.556. The summed E-state index contributed by atoms with van der Waals surface area (Å²) in [6, 6.07) is 0.279. The van der Waals surface area contributed by atoms with Gasteiger partial charge in [-0.25, -0.2) is 14.8 Å². The van der Waals surface area contributed by atoms with Crippen molar-refractivity contribution in [1.82, 2.24) is 29.7 Å². The lowest BCUT2D eigenvalue weighted by Gasteiger charge is -2.35. The van der Waals surface area contributed by atoms with E-state index in [1.807, 2.05) is 24.9 Å². The monoisotopic (exact) mass is 357 g/mol. The highest BCUT2D eigenvalue weighted by molar-refractivity contribution is 5.74. The molecule has 3 rings (SSSR count). The third kappa shape index (κ3) is 3.95. The van der Waals surface area contributed by atoms with E-state index in [1.54, 1.807) is 12.4 Å². The highest BCUT2D eigenvalue weighted by Gasteiger charge is 2.23. The molecular weight excluding hydrogens is 330 g/mol. The number of rotatable bonds is 4. The number of imidazole rings is 1. The molecule has 1 fully saturated rings.